The third-order valence-corrected chi connectivity index (χ3v) is 3.52. The normalized spacial score (nSPS) is 33.9. The molecule has 1 aromatic heterocycles. The minimum atomic E-state index is 0.557. The van der Waals surface area contributed by atoms with Crippen LogP contribution in [0.4, 0.5) is 0 Å². The van der Waals surface area contributed by atoms with E-state index in [0.29, 0.717) is 17.0 Å². The second kappa shape index (κ2) is 3.06. The van der Waals surface area contributed by atoms with Crippen molar-refractivity contribution in [2.24, 2.45) is 11.8 Å². The van der Waals surface area contributed by atoms with Crippen molar-refractivity contribution in [3.63, 3.8) is 0 Å². The molecule has 1 fully saturated rings. The van der Waals surface area contributed by atoms with Gasteiger partial charge in [0.05, 0.1) is 0 Å². The molecule has 3 heteroatoms. The molecule has 3 rings (SSSR count). The van der Waals surface area contributed by atoms with Crippen molar-refractivity contribution in [2.75, 3.05) is 0 Å². The molecular weight excluding hydrogens is 196 g/mol. The Balaban J connectivity index is 1.93. The van der Waals surface area contributed by atoms with Crippen LogP contribution in [-0.2, 0) is 0 Å². The number of nitrogens with zero attached hydrogens (tertiary/aromatic N) is 2. The number of halogens is 1. The summed E-state index contributed by atoms with van der Waals surface area (Å²) in [5.74, 6) is 2.04. The molecule has 3 atom stereocenters. The molecule has 14 heavy (non-hydrogen) atoms. The van der Waals surface area contributed by atoms with E-state index < -0.39 is 0 Å². The van der Waals surface area contributed by atoms with E-state index in [4.69, 9.17) is 11.6 Å². The van der Waals surface area contributed by atoms with Gasteiger partial charge in [-0.15, -0.1) is 0 Å². The van der Waals surface area contributed by atoms with Crippen molar-refractivity contribution in [1.29, 1.82) is 0 Å². The van der Waals surface area contributed by atoms with E-state index in [1.807, 2.05) is 6.07 Å². The van der Waals surface area contributed by atoms with Gasteiger partial charge in [0.25, 0.3) is 0 Å². The summed E-state index contributed by atoms with van der Waals surface area (Å²) in [7, 11) is 0. The van der Waals surface area contributed by atoms with Crippen molar-refractivity contribution in [1.82, 2.24) is 9.97 Å². The van der Waals surface area contributed by atoms with Crippen LogP contribution in [0.5, 0.6) is 0 Å². The first-order chi connectivity index (χ1) is 6.83. The lowest BCUT2D eigenvalue weighted by Gasteiger charge is -2.16. The smallest absolute Gasteiger partial charge is 0.132 e. The summed E-state index contributed by atoms with van der Waals surface area (Å²) in [5.41, 5.74) is 1.11. The van der Waals surface area contributed by atoms with Crippen LogP contribution in [0.1, 0.15) is 24.5 Å². The van der Waals surface area contributed by atoms with E-state index in [1.165, 1.54) is 12.8 Å². The fourth-order valence-electron chi connectivity index (χ4n) is 2.67. The highest BCUT2D eigenvalue weighted by atomic mass is 35.5. The first-order valence-corrected chi connectivity index (χ1v) is 5.36. The molecular formula is C11H11ClN2. The standard InChI is InChI=1S/C11H11ClN2/c12-11-5-10(13-6-14-11)9-4-7-1-2-8(9)3-7/h1-2,5-9H,3-4H2. The van der Waals surface area contributed by atoms with Gasteiger partial charge in [-0.2, -0.15) is 0 Å². The van der Waals surface area contributed by atoms with E-state index in [0.717, 1.165) is 11.6 Å². The molecule has 0 radical (unpaired) electrons. The Hall–Kier alpha value is -0.890. The number of hydrogen-bond acceptors (Lipinski definition) is 2. The average molecular weight is 207 g/mol. The second-order valence-electron chi connectivity index (χ2n) is 4.15. The lowest BCUT2D eigenvalue weighted by Crippen LogP contribution is -2.07. The molecule has 1 heterocycles. The first kappa shape index (κ1) is 8.42. The monoisotopic (exact) mass is 206 g/mol. The molecule has 1 aromatic rings. The quantitative estimate of drug-likeness (QED) is 0.522. The second-order valence-corrected chi connectivity index (χ2v) is 4.54. The van der Waals surface area contributed by atoms with Gasteiger partial charge < -0.3 is 0 Å². The van der Waals surface area contributed by atoms with Gasteiger partial charge in [0, 0.05) is 11.6 Å². The van der Waals surface area contributed by atoms with Gasteiger partial charge >= 0.3 is 0 Å². The predicted octanol–water partition coefficient (Wildman–Crippen LogP) is 2.81. The first-order valence-electron chi connectivity index (χ1n) is 4.98. The molecule has 0 N–H and O–H groups in total. The Labute approximate surface area is 88.0 Å². The predicted molar refractivity (Wildman–Crippen MR) is 55.1 cm³/mol. The number of aromatic nitrogens is 2. The van der Waals surface area contributed by atoms with Gasteiger partial charge in [0.2, 0.25) is 0 Å². The van der Waals surface area contributed by atoms with Gasteiger partial charge in [-0.3, -0.25) is 0 Å². The van der Waals surface area contributed by atoms with Gasteiger partial charge in [0.15, 0.2) is 0 Å². The van der Waals surface area contributed by atoms with Crippen LogP contribution >= 0.6 is 11.6 Å². The summed E-state index contributed by atoms with van der Waals surface area (Å²) >= 11 is 5.86. The molecule has 0 saturated heterocycles. The molecule has 2 aliphatic carbocycles. The Kier molecular flexibility index (Phi) is 1.84. The Morgan fingerprint density at radius 1 is 1.21 bits per heavy atom. The molecule has 0 aromatic carbocycles. The van der Waals surface area contributed by atoms with Gasteiger partial charge in [-0.25, -0.2) is 9.97 Å². The topological polar surface area (TPSA) is 25.8 Å². The maximum absolute atomic E-state index is 5.86. The van der Waals surface area contributed by atoms with E-state index in [9.17, 15) is 0 Å². The zero-order chi connectivity index (χ0) is 9.54. The van der Waals surface area contributed by atoms with E-state index in [2.05, 4.69) is 22.1 Å². The fraction of sp³-hybridized carbons (Fsp3) is 0.455. The molecule has 0 amide bonds. The summed E-state index contributed by atoms with van der Waals surface area (Å²) < 4.78 is 0. The Morgan fingerprint density at radius 2 is 2.14 bits per heavy atom. The van der Waals surface area contributed by atoms with Crippen molar-refractivity contribution < 1.29 is 0 Å². The number of rotatable bonds is 1. The molecule has 3 unspecified atom stereocenters. The van der Waals surface area contributed by atoms with Crippen LogP contribution < -0.4 is 0 Å². The minimum Gasteiger partial charge on any atom is -0.241 e. The van der Waals surface area contributed by atoms with E-state index in [1.54, 1.807) is 6.33 Å². The van der Waals surface area contributed by atoms with Crippen molar-refractivity contribution in [3.8, 4) is 0 Å². The maximum Gasteiger partial charge on any atom is 0.132 e. The van der Waals surface area contributed by atoms with Crippen molar-refractivity contribution >= 4 is 11.6 Å². The third kappa shape index (κ3) is 1.25. The fourth-order valence-corrected chi connectivity index (χ4v) is 2.83. The van der Waals surface area contributed by atoms with Crippen LogP contribution in [0.3, 0.4) is 0 Å². The van der Waals surface area contributed by atoms with Crippen LogP contribution in [-0.4, -0.2) is 9.97 Å². The van der Waals surface area contributed by atoms with Gasteiger partial charge in [-0.1, -0.05) is 23.8 Å². The van der Waals surface area contributed by atoms with Crippen LogP contribution in [0.25, 0.3) is 0 Å². The van der Waals surface area contributed by atoms with Gasteiger partial charge in [0.1, 0.15) is 11.5 Å². The van der Waals surface area contributed by atoms with E-state index in [-0.39, 0.29) is 0 Å². The SMILES string of the molecule is Clc1cc(C2CC3C=CC2C3)ncn1. The molecule has 0 aliphatic heterocycles. The van der Waals surface area contributed by atoms with E-state index >= 15 is 0 Å². The summed E-state index contributed by atoms with van der Waals surface area (Å²) in [6.07, 6.45) is 8.76. The molecule has 1 saturated carbocycles. The van der Waals surface area contributed by atoms with Crippen LogP contribution in [0.2, 0.25) is 5.15 Å². The summed E-state index contributed by atoms with van der Waals surface area (Å²) in [6, 6.07) is 1.90. The number of fused-ring (bicyclic) bond motifs is 2. The zero-order valence-corrected chi connectivity index (χ0v) is 8.48. The van der Waals surface area contributed by atoms with Crippen LogP contribution in [0, 0.1) is 11.8 Å². The Morgan fingerprint density at radius 3 is 2.79 bits per heavy atom. The highest BCUT2D eigenvalue weighted by Gasteiger charge is 2.37. The Bertz CT molecular complexity index is 389. The average Bonchev–Trinajstić information content (AvgIpc) is 2.78. The summed E-state index contributed by atoms with van der Waals surface area (Å²) in [5, 5.41) is 0.557. The third-order valence-electron chi connectivity index (χ3n) is 3.31. The zero-order valence-electron chi connectivity index (χ0n) is 7.73. The molecule has 2 bridgehead atoms. The van der Waals surface area contributed by atoms with Crippen LogP contribution in [0.15, 0.2) is 24.5 Å². The largest absolute Gasteiger partial charge is 0.241 e. The van der Waals surface area contributed by atoms with Crippen molar-refractivity contribution in [2.45, 2.75) is 18.8 Å². The number of allylic oxidation sites excluding steroid dienone is 2. The molecule has 2 aliphatic rings. The van der Waals surface area contributed by atoms with Crippen molar-refractivity contribution in [3.05, 3.63) is 35.4 Å². The lowest BCUT2D eigenvalue weighted by molar-refractivity contribution is 0.569. The highest BCUT2D eigenvalue weighted by molar-refractivity contribution is 6.29. The molecule has 72 valence electrons. The summed E-state index contributed by atoms with van der Waals surface area (Å²) in [4.78, 5) is 8.22. The lowest BCUT2D eigenvalue weighted by atomic mass is 9.90. The summed E-state index contributed by atoms with van der Waals surface area (Å²) in [6.45, 7) is 0. The molecule has 0 spiro atoms. The number of hydrogen-bond donors (Lipinski definition) is 0. The minimum absolute atomic E-state index is 0.557. The molecule has 2 nitrogen and oxygen atoms in total. The highest BCUT2D eigenvalue weighted by Crippen LogP contribution is 2.48. The maximum atomic E-state index is 5.86. The van der Waals surface area contributed by atoms with Gasteiger partial charge in [-0.05, 0) is 30.7 Å².